The number of benzene rings is 1. The molecule has 4 rings (SSSR count). The van der Waals surface area contributed by atoms with Gasteiger partial charge < -0.3 is 24.9 Å². The number of ether oxygens (including phenoxy) is 2. The van der Waals surface area contributed by atoms with Crippen LogP contribution in [-0.2, 0) is 30.9 Å². The highest BCUT2D eigenvalue weighted by Gasteiger charge is 2.36. The summed E-state index contributed by atoms with van der Waals surface area (Å²) in [6, 6.07) is 5.85. The van der Waals surface area contributed by atoms with Crippen molar-refractivity contribution in [2.45, 2.75) is 75.6 Å². The third-order valence-electron chi connectivity index (χ3n) is 8.45. The molecule has 0 radical (unpaired) electrons. The molecule has 3 heterocycles. The second-order valence-electron chi connectivity index (χ2n) is 11.0. The first-order valence-corrected chi connectivity index (χ1v) is 15.0. The number of imidazole rings is 1. The van der Waals surface area contributed by atoms with Crippen LogP contribution in [0, 0.1) is 11.8 Å². The van der Waals surface area contributed by atoms with Crippen molar-refractivity contribution in [3.63, 3.8) is 0 Å². The van der Waals surface area contributed by atoms with Crippen LogP contribution < -0.4 is 16.3 Å². The summed E-state index contributed by atoms with van der Waals surface area (Å²) in [6.45, 7) is 3.19. The Labute approximate surface area is 246 Å². The maximum absolute atomic E-state index is 13.2. The molecule has 11 nitrogen and oxygen atoms in total. The molecular weight excluding hydrogens is 538 g/mol. The molecule has 2 aromatic rings. The molecule has 0 bridgehead atoms. The molecular formula is C31H43N5O6. The summed E-state index contributed by atoms with van der Waals surface area (Å²) in [5.41, 5.74) is 1.48. The maximum Gasteiger partial charge on any atom is 0.329 e. The van der Waals surface area contributed by atoms with Gasteiger partial charge in [0.15, 0.2) is 0 Å². The minimum absolute atomic E-state index is 0.123. The van der Waals surface area contributed by atoms with E-state index in [0.29, 0.717) is 55.0 Å². The predicted octanol–water partition coefficient (Wildman–Crippen LogP) is 1.51. The molecule has 2 aliphatic rings. The lowest BCUT2D eigenvalue weighted by Crippen LogP contribution is -2.36. The number of nitrogens with one attached hydrogen (secondary N) is 2. The highest BCUT2D eigenvalue weighted by Crippen LogP contribution is 2.32. The van der Waals surface area contributed by atoms with Gasteiger partial charge in [-0.05, 0) is 63.6 Å². The number of nitrogens with zero attached hydrogens (tertiary/aromatic N) is 3. The molecule has 11 heteroatoms. The van der Waals surface area contributed by atoms with Crippen molar-refractivity contribution < 1.29 is 23.9 Å². The van der Waals surface area contributed by atoms with E-state index >= 15 is 0 Å². The van der Waals surface area contributed by atoms with Crippen molar-refractivity contribution >= 4 is 29.6 Å². The van der Waals surface area contributed by atoms with Crippen molar-refractivity contribution in [3.05, 3.63) is 34.2 Å². The Balaban J connectivity index is 1.39. The summed E-state index contributed by atoms with van der Waals surface area (Å²) in [4.78, 5) is 50.2. The van der Waals surface area contributed by atoms with Crippen LogP contribution in [0.5, 0.6) is 0 Å². The largest absolute Gasteiger partial charge is 0.380 e. The Morgan fingerprint density at radius 1 is 1.19 bits per heavy atom. The number of amides is 2. The van der Waals surface area contributed by atoms with Gasteiger partial charge in [-0.2, -0.15) is 0 Å². The maximum atomic E-state index is 13.2. The van der Waals surface area contributed by atoms with Crippen LogP contribution in [0.3, 0.4) is 0 Å². The van der Waals surface area contributed by atoms with Gasteiger partial charge in [0.25, 0.3) is 0 Å². The van der Waals surface area contributed by atoms with Crippen LogP contribution in [0.15, 0.2) is 23.0 Å². The van der Waals surface area contributed by atoms with Gasteiger partial charge in [0.1, 0.15) is 18.9 Å². The minimum atomic E-state index is -0.809. The number of fused-ring (bicyclic) bond motifs is 2. The number of carbonyl (C=O) groups is 3. The molecule has 2 N–H and O–H groups in total. The number of hydrogen-bond donors (Lipinski definition) is 2. The van der Waals surface area contributed by atoms with E-state index in [1.807, 2.05) is 6.07 Å². The minimum Gasteiger partial charge on any atom is -0.380 e. The zero-order valence-corrected chi connectivity index (χ0v) is 24.7. The number of carbonyl (C=O) groups excluding carboxylic acids is 3. The second kappa shape index (κ2) is 15.7. The van der Waals surface area contributed by atoms with E-state index in [1.165, 1.54) is 48.4 Å². The first-order chi connectivity index (χ1) is 20.5. The van der Waals surface area contributed by atoms with Crippen molar-refractivity contribution in [1.29, 1.82) is 0 Å². The van der Waals surface area contributed by atoms with Gasteiger partial charge in [0.05, 0.1) is 29.3 Å². The lowest BCUT2D eigenvalue weighted by atomic mass is 10.1. The van der Waals surface area contributed by atoms with Gasteiger partial charge in [-0.1, -0.05) is 17.9 Å². The van der Waals surface area contributed by atoms with E-state index in [1.54, 1.807) is 19.2 Å². The molecule has 2 amide bonds. The molecule has 2 aliphatic heterocycles. The number of aryl methyl sites for hydroxylation is 1. The van der Waals surface area contributed by atoms with Gasteiger partial charge >= 0.3 is 5.69 Å². The Morgan fingerprint density at radius 2 is 2.05 bits per heavy atom. The second-order valence-corrected chi connectivity index (χ2v) is 11.0. The average Bonchev–Trinajstić information content (AvgIpc) is 3.69. The molecule has 228 valence electrons. The Morgan fingerprint density at radius 3 is 2.83 bits per heavy atom. The third kappa shape index (κ3) is 7.48. The number of rotatable bonds is 16. The van der Waals surface area contributed by atoms with Crippen molar-refractivity contribution in [1.82, 2.24) is 24.7 Å². The van der Waals surface area contributed by atoms with Crippen LogP contribution in [0.2, 0.25) is 0 Å². The Kier molecular flexibility index (Phi) is 11.7. The van der Waals surface area contributed by atoms with Gasteiger partial charge in [-0.15, -0.1) is 0 Å². The molecule has 2 fully saturated rings. The summed E-state index contributed by atoms with van der Waals surface area (Å²) in [6.07, 6.45) is 8.11. The predicted molar refractivity (Wildman–Crippen MR) is 159 cm³/mol. The SMILES string of the molecule is CNC(=O)C(CCC=O)n1c(=O)n(C)c2c(C#CCOC(CCNC=O)CCOCC3CCC4CCCN43)cccc21. The normalized spacial score (nSPS) is 19.6. The summed E-state index contributed by atoms with van der Waals surface area (Å²) >= 11 is 0. The van der Waals surface area contributed by atoms with Gasteiger partial charge in [-0.25, -0.2) is 4.79 Å². The third-order valence-corrected chi connectivity index (χ3v) is 8.45. The van der Waals surface area contributed by atoms with Crippen LogP contribution in [0.4, 0.5) is 0 Å². The molecule has 42 heavy (non-hydrogen) atoms. The Bertz CT molecular complexity index is 1340. The average molecular weight is 582 g/mol. The lowest BCUT2D eigenvalue weighted by Gasteiger charge is -2.24. The van der Waals surface area contributed by atoms with Gasteiger partial charge in [0, 0.05) is 45.8 Å². The fraction of sp³-hybridized carbons (Fsp3) is 0.613. The monoisotopic (exact) mass is 581 g/mol. The fourth-order valence-electron chi connectivity index (χ4n) is 6.33. The quantitative estimate of drug-likeness (QED) is 0.175. The van der Waals surface area contributed by atoms with Crippen LogP contribution in [0.25, 0.3) is 11.0 Å². The Hall–Kier alpha value is -3.46. The first kappa shape index (κ1) is 31.5. The number of hydrogen-bond acceptors (Lipinski definition) is 7. The molecule has 4 atom stereocenters. The molecule has 1 aromatic heterocycles. The number of para-hydroxylation sites is 1. The molecule has 4 unspecified atom stereocenters. The number of aldehydes is 1. The van der Waals surface area contributed by atoms with Gasteiger partial charge in [-0.3, -0.25) is 23.6 Å². The summed E-state index contributed by atoms with van der Waals surface area (Å²) in [7, 11) is 3.16. The van der Waals surface area contributed by atoms with Crippen LogP contribution in [-0.4, -0.2) is 90.8 Å². The topological polar surface area (TPSA) is 124 Å². The van der Waals surface area contributed by atoms with Gasteiger partial charge in [0.2, 0.25) is 12.3 Å². The molecule has 2 saturated heterocycles. The number of likely N-dealkylation sites (N-methyl/N-ethyl adjacent to an activating group) is 1. The zero-order chi connectivity index (χ0) is 29.9. The first-order valence-electron chi connectivity index (χ1n) is 15.0. The van der Waals surface area contributed by atoms with E-state index < -0.39 is 6.04 Å². The lowest BCUT2D eigenvalue weighted by molar-refractivity contribution is -0.124. The van der Waals surface area contributed by atoms with E-state index in [4.69, 9.17) is 9.47 Å². The zero-order valence-electron chi connectivity index (χ0n) is 24.7. The standard InChI is InChI=1S/C31H43N5O6/c1-32-30(39)28(11-5-18-37)36-27-10-3-7-23(29(27)34(2)31(36)40)8-6-19-42-26(14-16-33-22-38)15-20-41-21-25-13-12-24-9-4-17-35(24)25/h3,7,10,18,22,24-26,28H,4-5,9,11-17,19-21H2,1-2H3,(H,32,39)(H,33,38). The highest BCUT2D eigenvalue weighted by atomic mass is 16.5. The smallest absolute Gasteiger partial charge is 0.329 e. The van der Waals surface area contributed by atoms with Crippen molar-refractivity contribution in [3.8, 4) is 11.8 Å². The summed E-state index contributed by atoms with van der Waals surface area (Å²) in [5.74, 6) is 5.86. The van der Waals surface area contributed by atoms with Crippen molar-refractivity contribution in [2.75, 3.05) is 40.0 Å². The molecule has 0 spiro atoms. The van der Waals surface area contributed by atoms with E-state index in [9.17, 15) is 19.2 Å². The molecule has 0 saturated carbocycles. The highest BCUT2D eigenvalue weighted by molar-refractivity contribution is 5.87. The summed E-state index contributed by atoms with van der Waals surface area (Å²) < 4.78 is 15.0. The fourth-order valence-corrected chi connectivity index (χ4v) is 6.33. The molecule has 1 aromatic carbocycles. The summed E-state index contributed by atoms with van der Waals surface area (Å²) in [5, 5.41) is 5.29. The van der Waals surface area contributed by atoms with Crippen molar-refractivity contribution in [2.24, 2.45) is 7.05 Å². The van der Waals surface area contributed by atoms with Crippen LogP contribution in [0.1, 0.15) is 63.0 Å². The molecule has 0 aliphatic carbocycles. The van der Waals surface area contributed by atoms with E-state index in [2.05, 4.69) is 27.4 Å². The van der Waals surface area contributed by atoms with E-state index in [0.717, 1.165) is 18.9 Å². The number of aromatic nitrogens is 2. The van der Waals surface area contributed by atoms with E-state index in [-0.39, 0.29) is 37.1 Å². The van der Waals surface area contributed by atoms with Crippen LogP contribution >= 0.6 is 0 Å².